The number of benzene rings is 3. The normalized spacial score (nSPS) is 21.3. The molecule has 2 N–H and O–H groups in total. The van der Waals surface area contributed by atoms with Gasteiger partial charge in [-0.05, 0) is 110 Å². The molecule has 5 rings (SSSR count). The molecule has 0 saturated heterocycles. The Bertz CT molecular complexity index is 1340. The molecular weight excluding hydrogens is 534 g/mol. The molecule has 1 fully saturated rings. The van der Waals surface area contributed by atoms with Crippen molar-refractivity contribution in [3.05, 3.63) is 82.4 Å². The van der Waals surface area contributed by atoms with E-state index in [0.717, 1.165) is 53.9 Å². The molecule has 1 amide bonds. The number of methoxy groups -OCH3 is 1. The van der Waals surface area contributed by atoms with Gasteiger partial charge in [-0.25, -0.2) is 0 Å². The summed E-state index contributed by atoms with van der Waals surface area (Å²) in [6.45, 7) is 5.15. The predicted molar refractivity (Wildman–Crippen MR) is 168 cm³/mol. The lowest BCUT2D eigenvalue weighted by Crippen LogP contribution is -2.41. The Morgan fingerprint density at radius 3 is 2.34 bits per heavy atom. The Morgan fingerprint density at radius 2 is 1.71 bits per heavy atom. The maximum absolute atomic E-state index is 13.8. The van der Waals surface area contributed by atoms with E-state index in [-0.39, 0.29) is 24.5 Å². The van der Waals surface area contributed by atoms with Crippen molar-refractivity contribution in [3.63, 3.8) is 0 Å². The Balaban J connectivity index is 1.49. The molecule has 2 aliphatic rings. The van der Waals surface area contributed by atoms with Crippen LogP contribution in [0, 0.1) is 5.92 Å². The summed E-state index contributed by atoms with van der Waals surface area (Å²) in [4.78, 5) is 18.1. The number of carbonyl (C=O) groups is 1. The highest BCUT2D eigenvalue weighted by Gasteiger charge is 2.36. The van der Waals surface area contributed by atoms with Crippen molar-refractivity contribution in [1.29, 1.82) is 0 Å². The zero-order valence-electron chi connectivity index (χ0n) is 24.6. The highest BCUT2D eigenvalue weighted by atomic mass is 35.5. The number of hydrogen-bond acceptors (Lipinski definition) is 5. The highest BCUT2D eigenvalue weighted by Crippen LogP contribution is 2.44. The van der Waals surface area contributed by atoms with Gasteiger partial charge in [0.2, 0.25) is 5.91 Å². The van der Waals surface area contributed by atoms with Crippen LogP contribution in [0.4, 0.5) is 11.4 Å². The third-order valence-corrected chi connectivity index (χ3v) is 8.92. The summed E-state index contributed by atoms with van der Waals surface area (Å²) in [5, 5.41) is 0.658. The minimum atomic E-state index is -0.330. The number of nitrogens with two attached hydrogens (primary N) is 1. The van der Waals surface area contributed by atoms with Crippen LogP contribution in [0.1, 0.15) is 68.7 Å². The van der Waals surface area contributed by atoms with Crippen LogP contribution in [0.3, 0.4) is 0 Å². The summed E-state index contributed by atoms with van der Waals surface area (Å²) in [7, 11) is 3.79. The first-order valence-corrected chi connectivity index (χ1v) is 15.2. The molecule has 3 aromatic carbocycles. The second kappa shape index (κ2) is 12.7. The number of fused-ring (bicyclic) bond motifs is 1. The van der Waals surface area contributed by atoms with E-state index >= 15 is 0 Å². The second-order valence-electron chi connectivity index (χ2n) is 11.6. The molecule has 0 aromatic heterocycles. The van der Waals surface area contributed by atoms with Crippen LogP contribution in [0.5, 0.6) is 11.5 Å². The third kappa shape index (κ3) is 6.49. The lowest BCUT2D eigenvalue weighted by Gasteiger charge is -2.38. The van der Waals surface area contributed by atoms with Gasteiger partial charge in [-0.3, -0.25) is 4.79 Å². The fraction of sp³-hybridized carbons (Fsp3) is 0.441. The molecule has 1 saturated carbocycles. The van der Waals surface area contributed by atoms with Crippen molar-refractivity contribution in [2.45, 2.75) is 70.6 Å². The van der Waals surface area contributed by atoms with E-state index in [1.165, 1.54) is 12.8 Å². The first kappa shape index (κ1) is 29.3. The number of ether oxygens (including phenoxy) is 2. The minimum absolute atomic E-state index is 0.0344. The summed E-state index contributed by atoms with van der Waals surface area (Å²) in [6.07, 6.45) is 5.78. The molecular formula is C34H42ClN3O3. The van der Waals surface area contributed by atoms with Gasteiger partial charge in [0.05, 0.1) is 25.7 Å². The molecule has 1 aliphatic carbocycles. The number of nitrogens with zero attached hydrogens (tertiary/aromatic N) is 2. The number of amides is 1. The summed E-state index contributed by atoms with van der Waals surface area (Å²) in [6, 6.07) is 20.2. The van der Waals surface area contributed by atoms with Crippen molar-refractivity contribution < 1.29 is 14.3 Å². The van der Waals surface area contributed by atoms with Crippen LogP contribution in [0.25, 0.3) is 0 Å². The standard InChI is InChI=1S/C34H42ClN3O3/c1-5-22(2)41-32-20-30-25(18-31(32)40-4)19-33(39)38(34(30)24-8-10-26(35)11-9-24)29-16-14-28(15-17-29)37(3)21-23-6-12-27(36)13-7-23/h8-11,14-18,20,22-23,27,34H,5-7,12-13,19,21,36H2,1-4H3/t22-,23?,27?,34?/m1/s1. The van der Waals surface area contributed by atoms with E-state index in [2.05, 4.69) is 49.2 Å². The molecule has 6 nitrogen and oxygen atoms in total. The topological polar surface area (TPSA) is 68.0 Å². The van der Waals surface area contributed by atoms with E-state index in [1.807, 2.05) is 42.2 Å². The van der Waals surface area contributed by atoms with Gasteiger partial charge >= 0.3 is 0 Å². The molecule has 2 atom stereocenters. The van der Waals surface area contributed by atoms with Crippen molar-refractivity contribution in [3.8, 4) is 11.5 Å². The molecule has 218 valence electrons. The van der Waals surface area contributed by atoms with Crippen LogP contribution in [-0.4, -0.2) is 38.8 Å². The molecule has 7 heteroatoms. The maximum Gasteiger partial charge on any atom is 0.232 e. The van der Waals surface area contributed by atoms with Gasteiger partial charge in [-0.15, -0.1) is 0 Å². The fourth-order valence-corrected chi connectivity index (χ4v) is 6.23. The predicted octanol–water partition coefficient (Wildman–Crippen LogP) is 7.16. The molecule has 1 aliphatic heterocycles. The Morgan fingerprint density at radius 1 is 1.02 bits per heavy atom. The van der Waals surface area contributed by atoms with E-state index in [1.54, 1.807) is 7.11 Å². The average molecular weight is 576 g/mol. The van der Waals surface area contributed by atoms with E-state index < -0.39 is 0 Å². The molecule has 0 spiro atoms. The quantitative estimate of drug-likeness (QED) is 0.293. The van der Waals surface area contributed by atoms with Crippen LogP contribution in [0.15, 0.2) is 60.7 Å². The van der Waals surface area contributed by atoms with Crippen LogP contribution >= 0.6 is 11.6 Å². The Labute approximate surface area is 249 Å². The van der Waals surface area contributed by atoms with Crippen molar-refractivity contribution in [1.82, 2.24) is 0 Å². The van der Waals surface area contributed by atoms with Gasteiger partial charge in [0.25, 0.3) is 0 Å². The third-order valence-electron chi connectivity index (χ3n) is 8.67. The van der Waals surface area contributed by atoms with Crippen molar-refractivity contribution >= 4 is 28.9 Å². The number of anilines is 2. The Hall–Kier alpha value is -3.22. The van der Waals surface area contributed by atoms with E-state index in [4.69, 9.17) is 26.8 Å². The van der Waals surface area contributed by atoms with Crippen LogP contribution in [-0.2, 0) is 11.2 Å². The second-order valence-corrected chi connectivity index (χ2v) is 12.0. The first-order valence-electron chi connectivity index (χ1n) is 14.8. The van der Waals surface area contributed by atoms with Gasteiger partial charge in [0, 0.05) is 36.0 Å². The summed E-state index contributed by atoms with van der Waals surface area (Å²) in [5.74, 6) is 2.04. The molecule has 1 unspecified atom stereocenters. The van der Waals surface area contributed by atoms with Gasteiger partial charge in [0.15, 0.2) is 11.5 Å². The molecule has 3 aromatic rings. The maximum atomic E-state index is 13.8. The number of carbonyl (C=O) groups excluding carboxylic acids is 1. The first-order chi connectivity index (χ1) is 19.8. The zero-order chi connectivity index (χ0) is 29.1. The monoisotopic (exact) mass is 575 g/mol. The smallest absolute Gasteiger partial charge is 0.232 e. The fourth-order valence-electron chi connectivity index (χ4n) is 6.11. The lowest BCUT2D eigenvalue weighted by atomic mass is 9.86. The van der Waals surface area contributed by atoms with Crippen molar-refractivity contribution in [2.75, 3.05) is 30.5 Å². The number of halogens is 1. The van der Waals surface area contributed by atoms with Crippen molar-refractivity contribution in [2.24, 2.45) is 11.7 Å². The molecule has 0 radical (unpaired) electrons. The van der Waals surface area contributed by atoms with Gasteiger partial charge in [-0.1, -0.05) is 30.7 Å². The van der Waals surface area contributed by atoms with E-state index in [0.29, 0.717) is 28.5 Å². The van der Waals surface area contributed by atoms with Gasteiger partial charge < -0.3 is 25.0 Å². The lowest BCUT2D eigenvalue weighted by molar-refractivity contribution is -0.118. The summed E-state index contributed by atoms with van der Waals surface area (Å²) < 4.78 is 11.9. The van der Waals surface area contributed by atoms with Crippen LogP contribution < -0.4 is 25.0 Å². The Kier molecular flexibility index (Phi) is 9.10. The average Bonchev–Trinajstić information content (AvgIpc) is 2.98. The summed E-state index contributed by atoms with van der Waals surface area (Å²) >= 11 is 6.27. The summed E-state index contributed by atoms with van der Waals surface area (Å²) in [5.41, 5.74) is 11.1. The number of rotatable bonds is 9. The van der Waals surface area contributed by atoms with Crippen LogP contribution in [0.2, 0.25) is 5.02 Å². The van der Waals surface area contributed by atoms with E-state index in [9.17, 15) is 4.79 Å². The molecule has 1 heterocycles. The molecule has 41 heavy (non-hydrogen) atoms. The largest absolute Gasteiger partial charge is 0.493 e. The minimum Gasteiger partial charge on any atom is -0.493 e. The van der Waals surface area contributed by atoms with Gasteiger partial charge in [-0.2, -0.15) is 0 Å². The SMILES string of the molecule is CC[C@@H](C)Oc1cc2c(cc1OC)CC(=O)N(c1ccc(N(C)CC3CCC(N)CC3)cc1)C2c1ccc(Cl)cc1. The highest BCUT2D eigenvalue weighted by molar-refractivity contribution is 6.30. The zero-order valence-corrected chi connectivity index (χ0v) is 25.4. The van der Waals surface area contributed by atoms with Gasteiger partial charge in [0.1, 0.15) is 0 Å². The molecule has 0 bridgehead atoms. The number of hydrogen-bond donors (Lipinski definition) is 1.